The van der Waals surface area contributed by atoms with E-state index < -0.39 is 11.6 Å². The normalized spacial score (nSPS) is 11.7. The zero-order chi connectivity index (χ0) is 55.5. The molecule has 0 spiro atoms. The van der Waals surface area contributed by atoms with Crippen LogP contribution >= 0.6 is 11.6 Å². The third-order valence-corrected chi connectivity index (χ3v) is 14.3. The van der Waals surface area contributed by atoms with E-state index in [9.17, 15) is 28.0 Å². The Bertz CT molecular complexity index is 3970. The van der Waals surface area contributed by atoms with Crippen molar-refractivity contribution in [2.75, 3.05) is 27.2 Å². The summed E-state index contributed by atoms with van der Waals surface area (Å²) in [5.41, 5.74) is 11.1. The lowest BCUT2D eigenvalue weighted by atomic mass is 9.92. The molecular formula is C64H55ClF2N8O4. The van der Waals surface area contributed by atoms with E-state index in [0.717, 1.165) is 27.8 Å². The average molecular weight is 1070 g/mol. The number of carbonyl (C=O) groups is 4. The average Bonchev–Trinajstić information content (AvgIpc) is 4.29. The lowest BCUT2D eigenvalue weighted by molar-refractivity contribution is 0.0941. The van der Waals surface area contributed by atoms with E-state index in [0.29, 0.717) is 91.7 Å². The van der Waals surface area contributed by atoms with Gasteiger partial charge in [-0.1, -0.05) is 105 Å². The first-order chi connectivity index (χ1) is 38.2. The number of halogens is 3. The van der Waals surface area contributed by atoms with Gasteiger partial charge in [0.15, 0.2) is 0 Å². The van der Waals surface area contributed by atoms with Crippen molar-refractivity contribution < 1.29 is 28.0 Å². The highest BCUT2D eigenvalue weighted by molar-refractivity contribution is 6.34. The van der Waals surface area contributed by atoms with Gasteiger partial charge in [-0.15, -0.1) is 0 Å². The molecule has 0 saturated heterocycles. The maximum Gasteiger partial charge on any atom is 0.270 e. The fourth-order valence-electron chi connectivity index (χ4n) is 9.79. The van der Waals surface area contributed by atoms with Gasteiger partial charge in [-0.2, -0.15) is 0 Å². The minimum atomic E-state index is -0.403. The Kier molecular flexibility index (Phi) is 15.3. The number of hydrogen-bond donors (Lipinski definition) is 4. The third-order valence-electron chi connectivity index (χ3n) is 13.9. The zero-order valence-electron chi connectivity index (χ0n) is 44.0. The van der Waals surface area contributed by atoms with E-state index in [1.807, 2.05) is 130 Å². The fourth-order valence-corrected chi connectivity index (χ4v) is 10.1. The Morgan fingerprint density at radius 3 is 1.47 bits per heavy atom. The highest BCUT2D eigenvalue weighted by atomic mass is 35.5. The van der Waals surface area contributed by atoms with E-state index in [2.05, 4.69) is 21.3 Å². The molecule has 15 heteroatoms. The molecular weight excluding hydrogens is 1020 g/mol. The number of benzene rings is 6. The number of amides is 4. The fraction of sp³-hybridized carbons (Fsp3) is 0.156. The van der Waals surface area contributed by atoms with Crippen LogP contribution in [0, 0.1) is 23.5 Å². The van der Waals surface area contributed by atoms with Crippen LogP contribution in [0.15, 0.2) is 170 Å². The van der Waals surface area contributed by atoms with Crippen molar-refractivity contribution in [2.24, 2.45) is 11.8 Å². The van der Waals surface area contributed by atoms with E-state index in [-0.39, 0.29) is 46.9 Å². The molecule has 10 aromatic rings. The van der Waals surface area contributed by atoms with Crippen molar-refractivity contribution in [1.29, 1.82) is 0 Å². The van der Waals surface area contributed by atoms with Crippen LogP contribution in [0.2, 0.25) is 5.02 Å². The number of imidazole rings is 2. The molecule has 1 atom stereocenters. The lowest BCUT2D eigenvalue weighted by Crippen LogP contribution is -2.29. The Balaban J connectivity index is 0.926. The van der Waals surface area contributed by atoms with Crippen molar-refractivity contribution in [1.82, 2.24) is 40.0 Å². The second kappa shape index (κ2) is 22.7. The first kappa shape index (κ1) is 53.1. The van der Waals surface area contributed by atoms with Crippen LogP contribution in [0.4, 0.5) is 8.78 Å². The second-order valence-electron chi connectivity index (χ2n) is 19.9. The number of aromatic nitrogens is 4. The monoisotopic (exact) mass is 1070 g/mol. The van der Waals surface area contributed by atoms with Crippen molar-refractivity contribution >= 4 is 46.5 Å². The smallest absolute Gasteiger partial charge is 0.270 e. The van der Waals surface area contributed by atoms with Crippen LogP contribution in [-0.4, -0.2) is 69.6 Å². The number of nitrogens with one attached hydrogen (secondary N) is 4. The van der Waals surface area contributed by atoms with Crippen LogP contribution in [0.5, 0.6) is 0 Å². The van der Waals surface area contributed by atoms with Gasteiger partial charge in [-0.05, 0) is 148 Å². The lowest BCUT2D eigenvalue weighted by Gasteiger charge is -2.18. The van der Waals surface area contributed by atoms with Crippen LogP contribution in [0.25, 0.3) is 78.3 Å². The molecule has 396 valence electrons. The Hall–Kier alpha value is -9.27. The summed E-state index contributed by atoms with van der Waals surface area (Å²) in [6.45, 7) is 6.84. The summed E-state index contributed by atoms with van der Waals surface area (Å²) in [5, 5.41) is 12.2. The van der Waals surface area contributed by atoms with Gasteiger partial charge in [0.1, 0.15) is 45.7 Å². The summed E-state index contributed by atoms with van der Waals surface area (Å²) >= 11 is 7.34. The Morgan fingerprint density at radius 2 is 0.962 bits per heavy atom. The highest BCUT2D eigenvalue weighted by Crippen LogP contribution is 2.38. The quantitative estimate of drug-likeness (QED) is 0.0756. The van der Waals surface area contributed by atoms with Gasteiger partial charge < -0.3 is 21.3 Å². The van der Waals surface area contributed by atoms with Crippen LogP contribution in [-0.2, 0) is 6.42 Å². The van der Waals surface area contributed by atoms with Gasteiger partial charge in [0, 0.05) is 67.4 Å². The zero-order valence-corrected chi connectivity index (χ0v) is 44.8. The number of hydrogen-bond acceptors (Lipinski definition) is 6. The summed E-state index contributed by atoms with van der Waals surface area (Å²) < 4.78 is 31.2. The van der Waals surface area contributed by atoms with Crippen molar-refractivity contribution in [2.45, 2.75) is 27.2 Å². The summed E-state index contributed by atoms with van der Waals surface area (Å²) in [5.74, 6) is -1.99. The van der Waals surface area contributed by atoms with Gasteiger partial charge in [0.2, 0.25) is 0 Å². The SMILES string of the molecule is CNC(=O)c1c(-c2ccc(F)cc2)nc2ccc(-c3ccc(-c4ccccc4)c(C(=O)NCC(C)Cc4cccc(-c5ccc(-c6ccc7nc(-c8ccc(F)cc8)c(C(=O)NC)n7c6)cc5C(=O)NCC(C)C)c4Cl)c3)cn12. The van der Waals surface area contributed by atoms with Gasteiger partial charge in [0.05, 0.1) is 5.02 Å². The maximum absolute atomic E-state index is 14.5. The minimum Gasteiger partial charge on any atom is -0.354 e. The van der Waals surface area contributed by atoms with Crippen LogP contribution in [0.1, 0.15) is 68.0 Å². The topological polar surface area (TPSA) is 151 Å². The highest BCUT2D eigenvalue weighted by Gasteiger charge is 2.25. The van der Waals surface area contributed by atoms with Crippen LogP contribution in [0.3, 0.4) is 0 Å². The van der Waals surface area contributed by atoms with E-state index in [1.54, 1.807) is 52.4 Å². The summed E-state index contributed by atoms with van der Waals surface area (Å²) in [6.07, 6.45) is 4.12. The molecule has 4 aromatic heterocycles. The predicted octanol–water partition coefficient (Wildman–Crippen LogP) is 12.6. The van der Waals surface area contributed by atoms with E-state index in [1.165, 1.54) is 31.3 Å². The molecule has 4 N–H and O–H groups in total. The Morgan fingerprint density at radius 1 is 0.494 bits per heavy atom. The molecule has 0 bridgehead atoms. The van der Waals surface area contributed by atoms with Gasteiger partial charge in [0.25, 0.3) is 23.6 Å². The maximum atomic E-state index is 14.5. The molecule has 10 rings (SSSR count). The van der Waals surface area contributed by atoms with E-state index in [4.69, 9.17) is 21.6 Å². The first-order valence-corrected chi connectivity index (χ1v) is 26.3. The number of pyridine rings is 2. The van der Waals surface area contributed by atoms with Gasteiger partial charge in [-0.25, -0.2) is 18.7 Å². The number of rotatable bonds is 16. The van der Waals surface area contributed by atoms with Gasteiger partial charge >= 0.3 is 0 Å². The molecule has 0 aliphatic carbocycles. The molecule has 6 aromatic carbocycles. The largest absolute Gasteiger partial charge is 0.354 e. The molecule has 0 aliphatic rings. The summed E-state index contributed by atoms with van der Waals surface area (Å²) in [6, 6.07) is 45.8. The molecule has 0 radical (unpaired) electrons. The molecule has 4 heterocycles. The van der Waals surface area contributed by atoms with Gasteiger partial charge in [-0.3, -0.25) is 28.0 Å². The molecule has 1 unspecified atom stereocenters. The summed E-state index contributed by atoms with van der Waals surface area (Å²) in [7, 11) is 3.08. The predicted molar refractivity (Wildman–Crippen MR) is 307 cm³/mol. The molecule has 0 saturated carbocycles. The molecule has 12 nitrogen and oxygen atoms in total. The Labute approximate surface area is 460 Å². The van der Waals surface area contributed by atoms with Crippen LogP contribution < -0.4 is 21.3 Å². The van der Waals surface area contributed by atoms with Crippen molar-refractivity contribution in [3.63, 3.8) is 0 Å². The summed E-state index contributed by atoms with van der Waals surface area (Å²) in [4.78, 5) is 64.9. The van der Waals surface area contributed by atoms with E-state index >= 15 is 0 Å². The molecule has 79 heavy (non-hydrogen) atoms. The molecule has 0 fully saturated rings. The molecule has 4 amide bonds. The van der Waals surface area contributed by atoms with Crippen molar-refractivity contribution in [3.8, 4) is 67.0 Å². The number of fused-ring (bicyclic) bond motifs is 2. The standard InChI is InChI=1S/C64H55ClF2N8O4/c1-37(2)33-70-62(77)53-32-43(46-21-29-55-73-58(41-16-24-48(67)25-17-41)60(64(79)69-5)75(55)36-46)19-27-50(53)51-13-9-12-44(56(51)65)30-38(3)34-71-61(76)52-31-42(18-26-49(52)39-10-7-6-8-11-39)45-20-28-54-72-57(40-14-22-47(66)23-15-40)59(63(78)68-4)74(54)35-45/h6-29,31-32,35-38H,30,33-34H2,1-5H3,(H,68,78)(H,69,79)(H,70,77)(H,71,76). The number of nitrogens with zero attached hydrogens (tertiary/aromatic N) is 4. The number of carbonyl (C=O) groups excluding carboxylic acids is 4. The minimum absolute atomic E-state index is 0.0836. The molecule has 0 aliphatic heterocycles. The van der Waals surface area contributed by atoms with Crippen molar-refractivity contribution in [3.05, 3.63) is 215 Å². The second-order valence-corrected chi connectivity index (χ2v) is 20.2. The third kappa shape index (κ3) is 11.0. The first-order valence-electron chi connectivity index (χ1n) is 25.9.